The Morgan fingerprint density at radius 1 is 1.23 bits per heavy atom. The Hall–Kier alpha value is -3.53. The van der Waals surface area contributed by atoms with Crippen LogP contribution in [0.15, 0.2) is 62.8 Å². The molecule has 0 atom stereocenters. The van der Waals surface area contributed by atoms with Crippen LogP contribution in [-0.2, 0) is 11.3 Å². The molecule has 4 rings (SSSR count). The van der Waals surface area contributed by atoms with Crippen LogP contribution in [0.1, 0.15) is 11.5 Å². The summed E-state index contributed by atoms with van der Waals surface area (Å²) in [5.41, 5.74) is 0.850. The van der Waals surface area contributed by atoms with Gasteiger partial charge in [0.15, 0.2) is 16.8 Å². The van der Waals surface area contributed by atoms with Crippen molar-refractivity contribution in [3.8, 4) is 17.1 Å². The van der Waals surface area contributed by atoms with Crippen molar-refractivity contribution in [2.24, 2.45) is 0 Å². The average Bonchev–Trinajstić information content (AvgIpc) is 3.49. The molecule has 0 unspecified atom stereocenters. The van der Waals surface area contributed by atoms with Crippen molar-refractivity contribution in [2.75, 3.05) is 18.2 Å². The van der Waals surface area contributed by atoms with Crippen LogP contribution in [0, 0.1) is 6.92 Å². The molecular formula is C20H19N5O4S. The second kappa shape index (κ2) is 8.87. The molecule has 0 aliphatic carbocycles. The zero-order valence-electron chi connectivity index (χ0n) is 16.4. The van der Waals surface area contributed by atoms with Crippen molar-refractivity contribution in [1.82, 2.24) is 19.9 Å². The van der Waals surface area contributed by atoms with Gasteiger partial charge in [0.1, 0.15) is 17.3 Å². The van der Waals surface area contributed by atoms with E-state index < -0.39 is 0 Å². The van der Waals surface area contributed by atoms with E-state index in [0.717, 1.165) is 17.1 Å². The molecule has 0 saturated carbocycles. The van der Waals surface area contributed by atoms with Crippen LogP contribution in [0.4, 0.5) is 5.82 Å². The van der Waals surface area contributed by atoms with Gasteiger partial charge in [-0.05, 0) is 31.2 Å². The standard InChI is InChI=1S/C20H19N5O4S/c1-13-9-17(24-29-13)21-18(26)12-30-20-23-22-19(14-5-3-6-15(10-14)27-2)25(20)11-16-7-4-8-28-16/h3-10H,11-12H2,1-2H3,(H,21,24,26). The minimum atomic E-state index is -0.219. The maximum atomic E-state index is 12.3. The molecule has 0 saturated heterocycles. The highest BCUT2D eigenvalue weighted by Gasteiger charge is 2.18. The zero-order chi connectivity index (χ0) is 20.9. The summed E-state index contributed by atoms with van der Waals surface area (Å²) < 4.78 is 17.7. The molecule has 0 fully saturated rings. The fourth-order valence-electron chi connectivity index (χ4n) is 2.81. The van der Waals surface area contributed by atoms with E-state index in [2.05, 4.69) is 20.7 Å². The summed E-state index contributed by atoms with van der Waals surface area (Å²) in [6.45, 7) is 2.19. The molecule has 0 bridgehead atoms. The predicted molar refractivity (Wildman–Crippen MR) is 110 cm³/mol. The number of aryl methyl sites for hydroxylation is 1. The van der Waals surface area contributed by atoms with Crippen LogP contribution in [0.2, 0.25) is 0 Å². The third-order valence-electron chi connectivity index (χ3n) is 4.17. The molecule has 1 amide bonds. The fraction of sp³-hybridized carbons (Fsp3) is 0.200. The highest BCUT2D eigenvalue weighted by molar-refractivity contribution is 7.99. The minimum Gasteiger partial charge on any atom is -0.497 e. The van der Waals surface area contributed by atoms with Gasteiger partial charge in [0.2, 0.25) is 5.91 Å². The Morgan fingerprint density at radius 2 is 2.13 bits per heavy atom. The highest BCUT2D eigenvalue weighted by Crippen LogP contribution is 2.27. The molecule has 0 radical (unpaired) electrons. The lowest BCUT2D eigenvalue weighted by atomic mass is 10.2. The number of hydrogen-bond donors (Lipinski definition) is 1. The summed E-state index contributed by atoms with van der Waals surface area (Å²) in [7, 11) is 1.61. The first-order valence-corrected chi connectivity index (χ1v) is 10.1. The number of ether oxygens (including phenoxy) is 1. The number of nitrogens with one attached hydrogen (secondary N) is 1. The van der Waals surface area contributed by atoms with Crippen molar-refractivity contribution in [3.63, 3.8) is 0 Å². The molecule has 4 aromatic rings. The van der Waals surface area contributed by atoms with Gasteiger partial charge in [-0.3, -0.25) is 9.36 Å². The highest BCUT2D eigenvalue weighted by atomic mass is 32.2. The summed E-state index contributed by atoms with van der Waals surface area (Å²) in [4.78, 5) is 12.3. The molecule has 10 heteroatoms. The number of anilines is 1. The van der Waals surface area contributed by atoms with Crippen LogP contribution in [-0.4, -0.2) is 38.7 Å². The number of hydrogen-bond acceptors (Lipinski definition) is 8. The summed E-state index contributed by atoms with van der Waals surface area (Å²) in [5.74, 6) is 3.05. The van der Waals surface area contributed by atoms with Gasteiger partial charge in [0.25, 0.3) is 0 Å². The van der Waals surface area contributed by atoms with E-state index in [9.17, 15) is 4.79 Å². The minimum absolute atomic E-state index is 0.139. The van der Waals surface area contributed by atoms with Gasteiger partial charge in [-0.2, -0.15) is 0 Å². The van der Waals surface area contributed by atoms with Crippen LogP contribution < -0.4 is 10.1 Å². The van der Waals surface area contributed by atoms with Crippen LogP contribution in [0.25, 0.3) is 11.4 Å². The van der Waals surface area contributed by atoms with E-state index >= 15 is 0 Å². The molecule has 154 valence electrons. The maximum absolute atomic E-state index is 12.3. The number of benzene rings is 1. The van der Waals surface area contributed by atoms with E-state index in [1.165, 1.54) is 11.8 Å². The van der Waals surface area contributed by atoms with E-state index in [0.29, 0.717) is 29.1 Å². The summed E-state index contributed by atoms with van der Waals surface area (Å²) in [6.07, 6.45) is 1.62. The van der Waals surface area contributed by atoms with Gasteiger partial charge in [0, 0.05) is 11.6 Å². The first kappa shape index (κ1) is 19.8. The number of nitrogens with zero attached hydrogens (tertiary/aromatic N) is 4. The molecule has 0 aliphatic heterocycles. The van der Waals surface area contributed by atoms with Crippen molar-refractivity contribution in [3.05, 3.63) is 60.2 Å². The SMILES string of the molecule is COc1cccc(-c2nnc(SCC(=O)Nc3cc(C)on3)n2Cc2ccco2)c1. The van der Waals surface area contributed by atoms with Crippen LogP contribution >= 0.6 is 11.8 Å². The number of amides is 1. The van der Waals surface area contributed by atoms with Gasteiger partial charge in [0.05, 0.1) is 25.7 Å². The van der Waals surface area contributed by atoms with Crippen molar-refractivity contribution in [2.45, 2.75) is 18.6 Å². The van der Waals surface area contributed by atoms with E-state index in [1.807, 2.05) is 41.0 Å². The number of rotatable bonds is 8. The van der Waals surface area contributed by atoms with Crippen LogP contribution in [0.3, 0.4) is 0 Å². The summed E-state index contributed by atoms with van der Waals surface area (Å²) >= 11 is 1.27. The monoisotopic (exact) mass is 425 g/mol. The molecule has 0 spiro atoms. The van der Waals surface area contributed by atoms with Crippen molar-refractivity contribution < 1.29 is 18.5 Å². The smallest absolute Gasteiger partial charge is 0.236 e. The predicted octanol–water partition coefficient (Wildman–Crippen LogP) is 3.62. The Labute approximate surface area is 176 Å². The van der Waals surface area contributed by atoms with Crippen molar-refractivity contribution in [1.29, 1.82) is 0 Å². The lowest BCUT2D eigenvalue weighted by Gasteiger charge is -2.09. The topological polar surface area (TPSA) is 108 Å². The second-order valence-corrected chi connectivity index (χ2v) is 7.31. The Kier molecular flexibility index (Phi) is 5.84. The zero-order valence-corrected chi connectivity index (χ0v) is 17.2. The first-order valence-electron chi connectivity index (χ1n) is 9.08. The Balaban J connectivity index is 1.55. The lowest BCUT2D eigenvalue weighted by molar-refractivity contribution is -0.113. The molecule has 1 N–H and O–H groups in total. The third-order valence-corrected chi connectivity index (χ3v) is 5.13. The molecule has 1 aromatic carbocycles. The Morgan fingerprint density at radius 3 is 2.87 bits per heavy atom. The molecule has 3 heterocycles. The first-order chi connectivity index (χ1) is 14.6. The van der Waals surface area contributed by atoms with Gasteiger partial charge in [-0.15, -0.1) is 10.2 Å². The molecule has 3 aromatic heterocycles. The third kappa shape index (κ3) is 4.54. The molecule has 30 heavy (non-hydrogen) atoms. The second-order valence-electron chi connectivity index (χ2n) is 6.36. The normalized spacial score (nSPS) is 10.9. The lowest BCUT2D eigenvalue weighted by Crippen LogP contribution is -2.15. The van der Waals surface area contributed by atoms with Gasteiger partial charge in [-0.25, -0.2) is 0 Å². The summed E-state index contributed by atoms with van der Waals surface area (Å²) in [6, 6.07) is 12.9. The average molecular weight is 425 g/mol. The number of aromatic nitrogens is 4. The van der Waals surface area contributed by atoms with Gasteiger partial charge < -0.3 is 19.0 Å². The molecule has 9 nitrogen and oxygen atoms in total. The number of thioether (sulfide) groups is 1. The van der Waals surface area contributed by atoms with E-state index in [1.54, 1.807) is 26.4 Å². The summed E-state index contributed by atoms with van der Waals surface area (Å²) in [5, 5.41) is 15.7. The quantitative estimate of drug-likeness (QED) is 0.427. The van der Waals surface area contributed by atoms with E-state index in [-0.39, 0.29) is 11.7 Å². The van der Waals surface area contributed by atoms with E-state index in [4.69, 9.17) is 13.7 Å². The maximum Gasteiger partial charge on any atom is 0.236 e. The van der Waals surface area contributed by atoms with Gasteiger partial charge in [-0.1, -0.05) is 29.1 Å². The fourth-order valence-corrected chi connectivity index (χ4v) is 3.54. The van der Waals surface area contributed by atoms with Crippen molar-refractivity contribution >= 4 is 23.5 Å². The van der Waals surface area contributed by atoms with Gasteiger partial charge >= 0.3 is 0 Å². The number of carbonyl (C=O) groups excluding carboxylic acids is 1. The largest absolute Gasteiger partial charge is 0.497 e. The Bertz CT molecular complexity index is 1140. The molecular weight excluding hydrogens is 406 g/mol. The molecule has 0 aliphatic rings. The number of methoxy groups -OCH3 is 1. The van der Waals surface area contributed by atoms with Crippen LogP contribution in [0.5, 0.6) is 5.75 Å². The number of carbonyl (C=O) groups is 1. The number of furan rings is 1.